The highest BCUT2D eigenvalue weighted by molar-refractivity contribution is 7.89. The molecule has 8 nitrogen and oxygen atoms in total. The lowest BCUT2D eigenvalue weighted by Gasteiger charge is -2.07. The lowest BCUT2D eigenvalue weighted by Crippen LogP contribution is -2.24. The molecule has 0 fully saturated rings. The van der Waals surface area contributed by atoms with Gasteiger partial charge in [-0.15, -0.1) is 0 Å². The maximum absolute atomic E-state index is 12.3. The second-order valence-corrected chi connectivity index (χ2v) is 8.22. The summed E-state index contributed by atoms with van der Waals surface area (Å²) in [5.74, 6) is 0. The van der Waals surface area contributed by atoms with Gasteiger partial charge in [0.2, 0.25) is 20.0 Å². The van der Waals surface area contributed by atoms with E-state index in [1.54, 1.807) is 11.6 Å². The van der Waals surface area contributed by atoms with E-state index in [9.17, 15) is 16.8 Å². The van der Waals surface area contributed by atoms with Gasteiger partial charge in [-0.3, -0.25) is 4.68 Å². The fourth-order valence-electron chi connectivity index (χ4n) is 2.07. The number of hydrogen-bond donors (Lipinski definition) is 2. The number of primary sulfonamides is 1. The molecule has 0 saturated carbocycles. The standard InChI is InChI=1S/C13H18N4O4S2/c1-3-17-10(2)13(9-15-17)23(20,21)16-8-11-4-6-12(7-5-11)22(14,18)19/h4-7,9,16H,3,8H2,1-2H3,(H2,14,18,19). The third kappa shape index (κ3) is 3.96. The zero-order valence-electron chi connectivity index (χ0n) is 12.7. The fourth-order valence-corrected chi connectivity index (χ4v) is 3.77. The number of nitrogens with one attached hydrogen (secondary N) is 1. The molecule has 0 bridgehead atoms. The van der Waals surface area contributed by atoms with E-state index in [0.717, 1.165) is 0 Å². The van der Waals surface area contributed by atoms with Crippen LogP contribution >= 0.6 is 0 Å². The molecule has 0 aliphatic carbocycles. The molecule has 3 N–H and O–H groups in total. The van der Waals surface area contributed by atoms with E-state index < -0.39 is 20.0 Å². The predicted octanol–water partition coefficient (Wildman–Crippen LogP) is 0.337. The lowest BCUT2D eigenvalue weighted by atomic mass is 10.2. The van der Waals surface area contributed by atoms with E-state index in [4.69, 9.17) is 5.14 Å². The zero-order chi connectivity index (χ0) is 17.3. The first kappa shape index (κ1) is 17.6. The first-order valence-electron chi connectivity index (χ1n) is 6.79. The molecule has 23 heavy (non-hydrogen) atoms. The highest BCUT2D eigenvalue weighted by atomic mass is 32.2. The molecular weight excluding hydrogens is 340 g/mol. The minimum Gasteiger partial charge on any atom is -0.269 e. The molecule has 0 atom stereocenters. The summed E-state index contributed by atoms with van der Waals surface area (Å²) >= 11 is 0. The van der Waals surface area contributed by atoms with Gasteiger partial charge in [0.25, 0.3) is 0 Å². The average molecular weight is 358 g/mol. The number of nitrogens with two attached hydrogens (primary N) is 1. The molecule has 10 heteroatoms. The Hall–Kier alpha value is -1.75. The highest BCUT2D eigenvalue weighted by Crippen LogP contribution is 2.15. The molecule has 0 amide bonds. The van der Waals surface area contributed by atoms with Crippen LogP contribution in [-0.4, -0.2) is 26.6 Å². The molecule has 126 valence electrons. The summed E-state index contributed by atoms with van der Waals surface area (Å²) in [6, 6.07) is 5.67. The summed E-state index contributed by atoms with van der Waals surface area (Å²) < 4.78 is 51.0. The van der Waals surface area contributed by atoms with Crippen molar-refractivity contribution < 1.29 is 16.8 Å². The molecule has 0 saturated heterocycles. The van der Waals surface area contributed by atoms with Gasteiger partial charge in [-0.1, -0.05) is 12.1 Å². The number of hydrogen-bond acceptors (Lipinski definition) is 5. The lowest BCUT2D eigenvalue weighted by molar-refractivity contribution is 0.578. The molecule has 0 radical (unpaired) electrons. The van der Waals surface area contributed by atoms with Crippen molar-refractivity contribution in [2.24, 2.45) is 5.14 Å². The quantitative estimate of drug-likeness (QED) is 0.770. The molecule has 2 rings (SSSR count). The molecule has 0 spiro atoms. The van der Waals surface area contributed by atoms with E-state index in [-0.39, 0.29) is 16.3 Å². The summed E-state index contributed by atoms with van der Waals surface area (Å²) in [6.07, 6.45) is 1.31. The van der Waals surface area contributed by atoms with Gasteiger partial charge >= 0.3 is 0 Å². The average Bonchev–Trinajstić information content (AvgIpc) is 2.86. The topological polar surface area (TPSA) is 124 Å². The van der Waals surface area contributed by atoms with Crippen LogP contribution in [0.5, 0.6) is 0 Å². The van der Waals surface area contributed by atoms with Gasteiger partial charge in [0.05, 0.1) is 16.8 Å². The summed E-state index contributed by atoms with van der Waals surface area (Å²) in [5, 5.41) is 9.02. The van der Waals surface area contributed by atoms with Crippen LogP contribution in [-0.2, 0) is 33.1 Å². The minimum absolute atomic E-state index is 0.0239. The molecule has 1 heterocycles. The number of nitrogens with zero attached hydrogens (tertiary/aromatic N) is 2. The summed E-state index contributed by atoms with van der Waals surface area (Å²) in [6.45, 7) is 4.17. The van der Waals surface area contributed by atoms with Gasteiger partial charge in [0.15, 0.2) is 0 Å². The van der Waals surface area contributed by atoms with Crippen LogP contribution in [0.1, 0.15) is 18.2 Å². The minimum atomic E-state index is -3.76. The number of benzene rings is 1. The van der Waals surface area contributed by atoms with Crippen molar-refractivity contribution in [1.82, 2.24) is 14.5 Å². The van der Waals surface area contributed by atoms with Crippen LogP contribution in [0.4, 0.5) is 0 Å². The van der Waals surface area contributed by atoms with Gasteiger partial charge in [-0.05, 0) is 31.5 Å². The number of aryl methyl sites for hydroxylation is 1. The molecule has 0 unspecified atom stereocenters. The molecular formula is C13H18N4O4S2. The van der Waals surface area contributed by atoms with Crippen LogP contribution in [0.25, 0.3) is 0 Å². The maximum atomic E-state index is 12.3. The number of aromatic nitrogens is 2. The Morgan fingerprint density at radius 2 is 1.78 bits per heavy atom. The first-order valence-corrected chi connectivity index (χ1v) is 9.82. The van der Waals surface area contributed by atoms with E-state index in [2.05, 4.69) is 9.82 Å². The summed E-state index contributed by atoms with van der Waals surface area (Å²) in [5.41, 5.74) is 1.17. The van der Waals surface area contributed by atoms with Gasteiger partial charge in [-0.2, -0.15) is 5.10 Å². The smallest absolute Gasteiger partial charge is 0.244 e. The summed E-state index contributed by atoms with van der Waals surface area (Å²) in [4.78, 5) is 0.102. The van der Waals surface area contributed by atoms with E-state index in [1.165, 1.54) is 30.5 Å². The van der Waals surface area contributed by atoms with E-state index in [1.807, 2.05) is 6.92 Å². The number of rotatable bonds is 6. The van der Waals surface area contributed by atoms with Crippen LogP contribution in [0.3, 0.4) is 0 Å². The van der Waals surface area contributed by atoms with E-state index in [0.29, 0.717) is 17.8 Å². The van der Waals surface area contributed by atoms with Crippen molar-refractivity contribution in [1.29, 1.82) is 0 Å². The maximum Gasteiger partial charge on any atom is 0.244 e. The highest BCUT2D eigenvalue weighted by Gasteiger charge is 2.20. The number of sulfonamides is 2. The van der Waals surface area contributed by atoms with Crippen molar-refractivity contribution in [3.8, 4) is 0 Å². The van der Waals surface area contributed by atoms with Crippen molar-refractivity contribution in [3.05, 3.63) is 41.7 Å². The predicted molar refractivity (Wildman–Crippen MR) is 84.5 cm³/mol. The van der Waals surface area contributed by atoms with E-state index >= 15 is 0 Å². The van der Waals surface area contributed by atoms with Crippen molar-refractivity contribution in [2.45, 2.75) is 36.7 Å². The molecule has 2 aromatic rings. The Labute approximate surface area is 135 Å². The van der Waals surface area contributed by atoms with Crippen LogP contribution in [0, 0.1) is 6.92 Å². The third-order valence-corrected chi connectivity index (χ3v) is 5.80. The molecule has 1 aromatic carbocycles. The first-order chi connectivity index (χ1) is 10.6. The second-order valence-electron chi connectivity index (χ2n) is 4.92. The normalized spacial score (nSPS) is 12.5. The Morgan fingerprint density at radius 3 is 2.26 bits per heavy atom. The zero-order valence-corrected chi connectivity index (χ0v) is 14.4. The van der Waals surface area contributed by atoms with Crippen molar-refractivity contribution in [2.75, 3.05) is 0 Å². The molecule has 0 aliphatic rings. The monoisotopic (exact) mass is 358 g/mol. The van der Waals surface area contributed by atoms with Gasteiger partial charge in [0.1, 0.15) is 4.90 Å². The van der Waals surface area contributed by atoms with Crippen LogP contribution < -0.4 is 9.86 Å². The largest absolute Gasteiger partial charge is 0.269 e. The van der Waals surface area contributed by atoms with Crippen LogP contribution in [0.15, 0.2) is 40.3 Å². The Balaban J connectivity index is 2.14. The van der Waals surface area contributed by atoms with Crippen molar-refractivity contribution in [3.63, 3.8) is 0 Å². The van der Waals surface area contributed by atoms with Gasteiger partial charge in [-0.25, -0.2) is 26.7 Å². The Morgan fingerprint density at radius 1 is 1.17 bits per heavy atom. The van der Waals surface area contributed by atoms with Gasteiger partial charge < -0.3 is 0 Å². The Bertz CT molecular complexity index is 900. The summed E-state index contributed by atoms with van der Waals surface area (Å²) in [7, 11) is -7.45. The van der Waals surface area contributed by atoms with Crippen LogP contribution in [0.2, 0.25) is 0 Å². The second kappa shape index (κ2) is 6.40. The van der Waals surface area contributed by atoms with Crippen molar-refractivity contribution >= 4 is 20.0 Å². The molecule has 0 aliphatic heterocycles. The van der Waals surface area contributed by atoms with Gasteiger partial charge in [0, 0.05) is 13.1 Å². The molecule has 1 aromatic heterocycles. The fraction of sp³-hybridized carbons (Fsp3) is 0.308. The third-order valence-electron chi connectivity index (χ3n) is 3.37. The SMILES string of the molecule is CCn1ncc(S(=O)(=O)NCc2ccc(S(N)(=O)=O)cc2)c1C. The Kier molecular flexibility index (Phi) is 4.90.